The highest BCUT2D eigenvalue weighted by Gasteiger charge is 2.42. The third kappa shape index (κ3) is 6.60. The molecule has 1 N–H and O–H groups in total. The van der Waals surface area contributed by atoms with Gasteiger partial charge in [-0.1, -0.05) is 42.5 Å². The molecule has 6 heteroatoms. The number of rotatable bonds is 9. The van der Waals surface area contributed by atoms with Crippen LogP contribution in [0.1, 0.15) is 12.0 Å². The first kappa shape index (κ1) is 18.7. The van der Waals surface area contributed by atoms with Crippen LogP contribution in [0.5, 0.6) is 0 Å². The Labute approximate surface area is 128 Å². The number of aliphatic hydroxyl groups is 1. The molecule has 0 bridgehead atoms. The van der Waals surface area contributed by atoms with Crippen LogP contribution in [0.25, 0.3) is 0 Å². The average molecular weight is 318 g/mol. The van der Waals surface area contributed by atoms with E-state index in [0.717, 1.165) is 18.7 Å². The van der Waals surface area contributed by atoms with Gasteiger partial charge >= 0.3 is 6.18 Å². The number of ether oxygens (including phenoxy) is 2. The second kappa shape index (κ2) is 9.61. The zero-order valence-electron chi connectivity index (χ0n) is 12.4. The first-order chi connectivity index (χ1) is 10.5. The number of halogens is 3. The summed E-state index contributed by atoms with van der Waals surface area (Å²) in [6.45, 7) is 0.0665. The summed E-state index contributed by atoms with van der Waals surface area (Å²) in [6.07, 6.45) is -2.95. The van der Waals surface area contributed by atoms with E-state index in [1.54, 1.807) is 0 Å². The lowest BCUT2D eigenvalue weighted by atomic mass is 10.0. The second-order valence-electron chi connectivity index (χ2n) is 4.78. The largest absolute Gasteiger partial charge is 0.397 e. The summed E-state index contributed by atoms with van der Waals surface area (Å²) >= 11 is 0. The van der Waals surface area contributed by atoms with Crippen molar-refractivity contribution in [3.63, 3.8) is 0 Å². The maximum Gasteiger partial charge on any atom is 0.397 e. The van der Waals surface area contributed by atoms with Gasteiger partial charge in [0.15, 0.2) is 0 Å². The second-order valence-corrected chi connectivity index (χ2v) is 4.78. The first-order valence-corrected chi connectivity index (χ1v) is 6.97. The summed E-state index contributed by atoms with van der Waals surface area (Å²) in [7, 11) is 1.15. The van der Waals surface area contributed by atoms with Crippen LogP contribution in [-0.4, -0.2) is 37.7 Å². The smallest absolute Gasteiger partial charge is 0.394 e. The molecule has 1 aromatic rings. The molecule has 0 amide bonds. The van der Waals surface area contributed by atoms with Crippen LogP contribution in [0.3, 0.4) is 0 Å². The molecule has 0 saturated heterocycles. The lowest BCUT2D eigenvalue weighted by molar-refractivity contribution is -0.193. The predicted octanol–water partition coefficient (Wildman–Crippen LogP) is 3.34. The van der Waals surface area contributed by atoms with Crippen molar-refractivity contribution < 1.29 is 27.8 Å². The van der Waals surface area contributed by atoms with Crippen molar-refractivity contribution in [3.05, 3.63) is 48.0 Å². The van der Waals surface area contributed by atoms with Gasteiger partial charge in [-0.3, -0.25) is 0 Å². The first-order valence-electron chi connectivity index (χ1n) is 6.97. The molecule has 124 valence electrons. The average Bonchev–Trinajstić information content (AvgIpc) is 2.49. The minimum atomic E-state index is -4.45. The van der Waals surface area contributed by atoms with Gasteiger partial charge in [0.1, 0.15) is 5.92 Å². The van der Waals surface area contributed by atoms with Gasteiger partial charge in [0.05, 0.1) is 25.9 Å². The van der Waals surface area contributed by atoms with Crippen LogP contribution < -0.4 is 0 Å². The summed E-state index contributed by atoms with van der Waals surface area (Å²) in [5, 5.41) is 8.94. The Morgan fingerprint density at radius 3 is 2.45 bits per heavy atom. The molecule has 0 aliphatic heterocycles. The van der Waals surface area contributed by atoms with Crippen molar-refractivity contribution >= 4 is 0 Å². The SMILES string of the molecule is CO[C@@H](CO)[C@H](/C=C/CCOCc1ccccc1)C(F)(F)F. The highest BCUT2D eigenvalue weighted by atomic mass is 19.4. The van der Waals surface area contributed by atoms with E-state index in [-0.39, 0.29) is 0 Å². The molecule has 0 heterocycles. The van der Waals surface area contributed by atoms with Crippen molar-refractivity contribution in [2.24, 2.45) is 5.92 Å². The lowest BCUT2D eigenvalue weighted by Gasteiger charge is -2.23. The van der Waals surface area contributed by atoms with Gasteiger partial charge in [-0.2, -0.15) is 13.2 Å². The van der Waals surface area contributed by atoms with Crippen LogP contribution >= 0.6 is 0 Å². The van der Waals surface area contributed by atoms with Gasteiger partial charge in [-0.15, -0.1) is 0 Å². The minimum Gasteiger partial charge on any atom is -0.394 e. The Kier molecular flexibility index (Phi) is 8.16. The zero-order valence-corrected chi connectivity index (χ0v) is 12.4. The molecule has 0 spiro atoms. The van der Waals surface area contributed by atoms with Gasteiger partial charge in [-0.25, -0.2) is 0 Å². The molecular weight excluding hydrogens is 297 g/mol. The topological polar surface area (TPSA) is 38.7 Å². The van der Waals surface area contributed by atoms with Crippen LogP contribution in [0, 0.1) is 5.92 Å². The summed E-state index contributed by atoms with van der Waals surface area (Å²) in [5.74, 6) is -1.82. The minimum absolute atomic E-state index is 0.326. The highest BCUT2D eigenvalue weighted by molar-refractivity contribution is 5.13. The van der Waals surface area contributed by atoms with Crippen molar-refractivity contribution in [1.29, 1.82) is 0 Å². The number of methoxy groups -OCH3 is 1. The van der Waals surface area contributed by atoms with E-state index in [4.69, 9.17) is 9.84 Å². The third-order valence-electron chi connectivity index (χ3n) is 3.15. The Morgan fingerprint density at radius 1 is 1.23 bits per heavy atom. The van der Waals surface area contributed by atoms with E-state index in [2.05, 4.69) is 4.74 Å². The molecule has 22 heavy (non-hydrogen) atoms. The number of alkyl halides is 3. The van der Waals surface area contributed by atoms with Gasteiger partial charge in [0, 0.05) is 7.11 Å². The van der Waals surface area contributed by atoms with Crippen molar-refractivity contribution in [3.8, 4) is 0 Å². The quantitative estimate of drug-likeness (QED) is 0.561. The monoisotopic (exact) mass is 318 g/mol. The fraction of sp³-hybridized carbons (Fsp3) is 0.500. The highest BCUT2D eigenvalue weighted by Crippen LogP contribution is 2.31. The van der Waals surface area contributed by atoms with Crippen LogP contribution in [0.2, 0.25) is 0 Å². The molecule has 0 aliphatic carbocycles. The van der Waals surface area contributed by atoms with E-state index in [0.29, 0.717) is 19.6 Å². The molecular formula is C16H21F3O3. The van der Waals surface area contributed by atoms with E-state index in [9.17, 15) is 13.2 Å². The number of hydrogen-bond acceptors (Lipinski definition) is 3. The standard InChI is InChI=1S/C16H21F3O3/c1-21-15(11-20)14(16(17,18)19)9-5-6-10-22-12-13-7-3-2-4-8-13/h2-5,7-9,14-15,20H,6,10-12H2,1H3/b9-5+/t14-,15-/m0/s1. The van der Waals surface area contributed by atoms with Gasteiger partial charge in [0.25, 0.3) is 0 Å². The van der Waals surface area contributed by atoms with E-state index in [1.807, 2.05) is 30.3 Å². The fourth-order valence-corrected chi connectivity index (χ4v) is 1.94. The maximum absolute atomic E-state index is 12.9. The summed E-state index contributed by atoms with van der Waals surface area (Å²) in [5.41, 5.74) is 1.01. The molecule has 1 aromatic carbocycles. The van der Waals surface area contributed by atoms with Crippen LogP contribution in [0.4, 0.5) is 13.2 Å². The summed E-state index contributed by atoms with van der Waals surface area (Å²) < 4.78 is 48.7. The summed E-state index contributed by atoms with van der Waals surface area (Å²) in [4.78, 5) is 0. The molecule has 1 rings (SSSR count). The molecule has 0 fully saturated rings. The fourth-order valence-electron chi connectivity index (χ4n) is 1.94. The molecule has 0 aromatic heterocycles. The van der Waals surface area contributed by atoms with Gasteiger partial charge < -0.3 is 14.6 Å². The molecule has 3 nitrogen and oxygen atoms in total. The number of benzene rings is 1. The van der Waals surface area contributed by atoms with Gasteiger partial charge in [-0.05, 0) is 12.0 Å². The zero-order chi connectivity index (χ0) is 16.4. The van der Waals surface area contributed by atoms with Crippen LogP contribution in [-0.2, 0) is 16.1 Å². The Morgan fingerprint density at radius 2 is 1.91 bits per heavy atom. The summed E-state index contributed by atoms with van der Waals surface area (Å²) in [6, 6.07) is 9.52. The Bertz CT molecular complexity index is 428. The van der Waals surface area contributed by atoms with Crippen molar-refractivity contribution in [2.75, 3.05) is 20.3 Å². The van der Waals surface area contributed by atoms with E-state index >= 15 is 0 Å². The number of aliphatic hydroxyl groups excluding tert-OH is 1. The Hall–Kier alpha value is -1.37. The Balaban J connectivity index is 2.38. The molecule has 0 unspecified atom stereocenters. The predicted molar refractivity (Wildman–Crippen MR) is 77.3 cm³/mol. The molecule has 0 aliphatic rings. The van der Waals surface area contributed by atoms with Crippen molar-refractivity contribution in [1.82, 2.24) is 0 Å². The molecule has 2 atom stereocenters. The molecule has 0 radical (unpaired) electrons. The van der Waals surface area contributed by atoms with Gasteiger partial charge in [0.2, 0.25) is 0 Å². The van der Waals surface area contributed by atoms with E-state index < -0.39 is 24.8 Å². The normalized spacial score (nSPS) is 15.1. The maximum atomic E-state index is 12.9. The third-order valence-corrected chi connectivity index (χ3v) is 3.15. The number of hydrogen-bond donors (Lipinski definition) is 1. The van der Waals surface area contributed by atoms with Crippen molar-refractivity contribution in [2.45, 2.75) is 25.3 Å². The lowest BCUT2D eigenvalue weighted by Crippen LogP contribution is -2.36. The van der Waals surface area contributed by atoms with Crippen LogP contribution in [0.15, 0.2) is 42.5 Å². The molecule has 0 saturated carbocycles. The van der Waals surface area contributed by atoms with E-state index in [1.165, 1.54) is 6.08 Å².